The standard InChI is InChI=1S/C22H24N6O/c1-16-6-5-7-18(17(16)2)24-20-10-9-19(25-26-20)22(29)28-14-12-27(13-15-28)21-8-3-4-11-23-21/h3-11H,12-15H2,1-2H3,(H,24,26). The van der Waals surface area contributed by atoms with Gasteiger partial charge in [-0.25, -0.2) is 4.98 Å². The number of aromatic nitrogens is 3. The Kier molecular flexibility index (Phi) is 5.37. The predicted molar refractivity (Wildman–Crippen MR) is 114 cm³/mol. The molecular formula is C22H24N6O. The highest BCUT2D eigenvalue weighted by Crippen LogP contribution is 2.21. The van der Waals surface area contributed by atoms with Crippen LogP contribution >= 0.6 is 0 Å². The molecule has 1 fully saturated rings. The van der Waals surface area contributed by atoms with E-state index in [4.69, 9.17) is 0 Å². The molecule has 4 rings (SSSR count). The summed E-state index contributed by atoms with van der Waals surface area (Å²) in [5, 5.41) is 11.6. The molecule has 0 saturated carbocycles. The SMILES string of the molecule is Cc1cccc(Nc2ccc(C(=O)N3CCN(c4ccccn4)CC3)nn2)c1C. The molecule has 0 atom stereocenters. The van der Waals surface area contributed by atoms with Gasteiger partial charge in [-0.05, 0) is 55.3 Å². The number of aryl methyl sites for hydroxylation is 1. The number of benzene rings is 1. The molecule has 1 aliphatic heterocycles. The quantitative estimate of drug-likeness (QED) is 0.740. The third-order valence-corrected chi connectivity index (χ3v) is 5.29. The molecule has 0 spiro atoms. The number of anilines is 3. The zero-order valence-corrected chi connectivity index (χ0v) is 16.7. The largest absolute Gasteiger partial charge is 0.353 e. The first-order chi connectivity index (χ1) is 14.1. The Morgan fingerprint density at radius 1 is 0.931 bits per heavy atom. The van der Waals surface area contributed by atoms with Crippen molar-refractivity contribution in [1.82, 2.24) is 20.1 Å². The molecule has 7 nitrogen and oxygen atoms in total. The van der Waals surface area contributed by atoms with Crippen LogP contribution < -0.4 is 10.2 Å². The molecule has 1 aliphatic rings. The first-order valence-corrected chi connectivity index (χ1v) is 9.74. The van der Waals surface area contributed by atoms with E-state index in [9.17, 15) is 4.79 Å². The van der Waals surface area contributed by atoms with Crippen LogP contribution in [0.4, 0.5) is 17.3 Å². The summed E-state index contributed by atoms with van der Waals surface area (Å²) in [5.74, 6) is 1.48. The average Bonchev–Trinajstić information content (AvgIpc) is 2.78. The van der Waals surface area contributed by atoms with E-state index < -0.39 is 0 Å². The van der Waals surface area contributed by atoms with Crippen LogP contribution in [0.15, 0.2) is 54.7 Å². The van der Waals surface area contributed by atoms with Crippen LogP contribution in [0.1, 0.15) is 21.6 Å². The van der Waals surface area contributed by atoms with Crippen molar-refractivity contribution in [2.75, 3.05) is 36.4 Å². The van der Waals surface area contributed by atoms with Gasteiger partial charge in [0.05, 0.1) is 0 Å². The first-order valence-electron chi connectivity index (χ1n) is 9.74. The number of piperazine rings is 1. The predicted octanol–water partition coefficient (Wildman–Crippen LogP) is 3.19. The highest BCUT2D eigenvalue weighted by molar-refractivity contribution is 5.92. The van der Waals surface area contributed by atoms with Gasteiger partial charge >= 0.3 is 0 Å². The van der Waals surface area contributed by atoms with Crippen LogP contribution in [0, 0.1) is 13.8 Å². The molecule has 148 valence electrons. The number of amides is 1. The Morgan fingerprint density at radius 3 is 2.45 bits per heavy atom. The van der Waals surface area contributed by atoms with Gasteiger partial charge in [-0.2, -0.15) is 0 Å². The summed E-state index contributed by atoms with van der Waals surface area (Å²) in [4.78, 5) is 21.2. The highest BCUT2D eigenvalue weighted by Gasteiger charge is 2.23. The van der Waals surface area contributed by atoms with E-state index in [2.05, 4.69) is 45.3 Å². The van der Waals surface area contributed by atoms with Crippen molar-refractivity contribution in [3.8, 4) is 0 Å². The lowest BCUT2D eigenvalue weighted by Crippen LogP contribution is -2.49. The van der Waals surface area contributed by atoms with Gasteiger partial charge in [-0.15, -0.1) is 10.2 Å². The molecule has 0 aliphatic carbocycles. The summed E-state index contributed by atoms with van der Waals surface area (Å²) < 4.78 is 0. The lowest BCUT2D eigenvalue weighted by molar-refractivity contribution is 0.0739. The molecule has 3 aromatic rings. The molecule has 0 radical (unpaired) electrons. The average molecular weight is 388 g/mol. The minimum Gasteiger partial charge on any atom is -0.353 e. The number of nitrogens with one attached hydrogen (secondary N) is 1. The summed E-state index contributed by atoms with van der Waals surface area (Å²) in [6, 6.07) is 15.5. The van der Waals surface area contributed by atoms with Crippen molar-refractivity contribution in [2.45, 2.75) is 13.8 Å². The molecular weight excluding hydrogens is 364 g/mol. The van der Waals surface area contributed by atoms with Crippen molar-refractivity contribution in [1.29, 1.82) is 0 Å². The fourth-order valence-electron chi connectivity index (χ4n) is 3.38. The molecule has 1 aromatic carbocycles. The number of rotatable bonds is 4. The molecule has 3 heterocycles. The van der Waals surface area contributed by atoms with Crippen LogP contribution in [0.3, 0.4) is 0 Å². The van der Waals surface area contributed by atoms with Gasteiger partial charge < -0.3 is 15.1 Å². The smallest absolute Gasteiger partial charge is 0.274 e. The van der Waals surface area contributed by atoms with Crippen LogP contribution in [0.5, 0.6) is 0 Å². The second-order valence-corrected chi connectivity index (χ2v) is 7.14. The third-order valence-electron chi connectivity index (χ3n) is 5.29. The Hall–Kier alpha value is -3.48. The topological polar surface area (TPSA) is 74.2 Å². The molecule has 2 aromatic heterocycles. The lowest BCUT2D eigenvalue weighted by atomic mass is 10.1. The van der Waals surface area contributed by atoms with E-state index in [0.29, 0.717) is 24.6 Å². The first kappa shape index (κ1) is 18.9. The Balaban J connectivity index is 1.38. The second-order valence-electron chi connectivity index (χ2n) is 7.14. The number of hydrogen-bond acceptors (Lipinski definition) is 6. The van der Waals surface area contributed by atoms with E-state index >= 15 is 0 Å². The minimum atomic E-state index is -0.0866. The lowest BCUT2D eigenvalue weighted by Gasteiger charge is -2.35. The van der Waals surface area contributed by atoms with E-state index in [-0.39, 0.29) is 5.91 Å². The Bertz CT molecular complexity index is 982. The third kappa shape index (κ3) is 4.18. The normalized spacial score (nSPS) is 14.0. The van der Waals surface area contributed by atoms with Crippen LogP contribution in [-0.2, 0) is 0 Å². The maximum absolute atomic E-state index is 12.8. The molecule has 1 N–H and O–H groups in total. The van der Waals surface area contributed by atoms with Crippen LogP contribution in [0.25, 0.3) is 0 Å². The van der Waals surface area contributed by atoms with Crippen molar-refractivity contribution in [3.05, 3.63) is 71.5 Å². The van der Waals surface area contributed by atoms with E-state index in [1.165, 1.54) is 11.1 Å². The monoisotopic (exact) mass is 388 g/mol. The van der Waals surface area contributed by atoms with Crippen LogP contribution in [0.2, 0.25) is 0 Å². The molecule has 0 unspecified atom stereocenters. The summed E-state index contributed by atoms with van der Waals surface area (Å²) in [7, 11) is 0. The summed E-state index contributed by atoms with van der Waals surface area (Å²) in [5.41, 5.74) is 3.73. The molecule has 1 saturated heterocycles. The number of pyridine rings is 1. The number of carbonyl (C=O) groups is 1. The molecule has 7 heteroatoms. The van der Waals surface area contributed by atoms with Gasteiger partial charge in [0, 0.05) is 38.1 Å². The number of hydrogen-bond donors (Lipinski definition) is 1. The van der Waals surface area contributed by atoms with E-state index in [1.54, 1.807) is 18.3 Å². The number of nitrogens with zero attached hydrogens (tertiary/aromatic N) is 5. The van der Waals surface area contributed by atoms with Crippen molar-refractivity contribution >= 4 is 23.2 Å². The molecule has 29 heavy (non-hydrogen) atoms. The van der Waals surface area contributed by atoms with Crippen molar-refractivity contribution in [2.24, 2.45) is 0 Å². The maximum Gasteiger partial charge on any atom is 0.274 e. The summed E-state index contributed by atoms with van der Waals surface area (Å²) in [6.45, 7) is 6.92. The van der Waals surface area contributed by atoms with Gasteiger partial charge in [0.2, 0.25) is 0 Å². The highest BCUT2D eigenvalue weighted by atomic mass is 16.2. The maximum atomic E-state index is 12.8. The number of carbonyl (C=O) groups excluding carboxylic acids is 1. The van der Waals surface area contributed by atoms with Gasteiger partial charge in [-0.3, -0.25) is 4.79 Å². The van der Waals surface area contributed by atoms with Crippen LogP contribution in [-0.4, -0.2) is 52.2 Å². The van der Waals surface area contributed by atoms with E-state index in [0.717, 1.165) is 24.6 Å². The van der Waals surface area contributed by atoms with E-state index in [1.807, 2.05) is 35.2 Å². The molecule has 0 bridgehead atoms. The fourth-order valence-corrected chi connectivity index (χ4v) is 3.38. The summed E-state index contributed by atoms with van der Waals surface area (Å²) >= 11 is 0. The summed E-state index contributed by atoms with van der Waals surface area (Å²) in [6.07, 6.45) is 1.79. The Labute approximate surface area is 170 Å². The van der Waals surface area contributed by atoms with Gasteiger partial charge in [-0.1, -0.05) is 18.2 Å². The van der Waals surface area contributed by atoms with Gasteiger partial charge in [0.1, 0.15) is 5.82 Å². The zero-order chi connectivity index (χ0) is 20.2. The van der Waals surface area contributed by atoms with Crippen molar-refractivity contribution in [3.63, 3.8) is 0 Å². The molecule has 1 amide bonds. The van der Waals surface area contributed by atoms with Gasteiger partial charge in [0.15, 0.2) is 11.5 Å². The Morgan fingerprint density at radius 2 is 1.76 bits per heavy atom. The van der Waals surface area contributed by atoms with Gasteiger partial charge in [0.25, 0.3) is 5.91 Å². The minimum absolute atomic E-state index is 0.0866. The second kappa shape index (κ2) is 8.26. The fraction of sp³-hybridized carbons (Fsp3) is 0.273. The van der Waals surface area contributed by atoms with Crippen molar-refractivity contribution < 1.29 is 4.79 Å². The zero-order valence-electron chi connectivity index (χ0n) is 16.7.